The molecule has 2 aromatic carbocycles. The summed E-state index contributed by atoms with van der Waals surface area (Å²) in [5, 5.41) is 5.66. The van der Waals surface area contributed by atoms with Crippen LogP contribution in [0.3, 0.4) is 0 Å². The van der Waals surface area contributed by atoms with Crippen LogP contribution in [0.25, 0.3) is 0 Å². The first-order valence-corrected chi connectivity index (χ1v) is 8.26. The molecule has 2 N–H and O–H groups in total. The summed E-state index contributed by atoms with van der Waals surface area (Å²) in [6, 6.07) is 14.9. The van der Waals surface area contributed by atoms with E-state index in [1.54, 1.807) is 13.2 Å². The van der Waals surface area contributed by atoms with Crippen molar-refractivity contribution in [3.63, 3.8) is 0 Å². The number of nitrogens with one attached hydrogen (secondary N) is 2. The predicted molar refractivity (Wildman–Crippen MR) is 95.4 cm³/mol. The van der Waals surface area contributed by atoms with Crippen LogP contribution in [-0.4, -0.2) is 39.0 Å². The van der Waals surface area contributed by atoms with E-state index in [1.165, 1.54) is 5.56 Å². The lowest BCUT2D eigenvalue weighted by Crippen LogP contribution is -2.37. The van der Waals surface area contributed by atoms with Crippen LogP contribution in [0.2, 0.25) is 0 Å². The highest BCUT2D eigenvalue weighted by atomic mass is 16.5. The van der Waals surface area contributed by atoms with Gasteiger partial charge in [0.2, 0.25) is 0 Å². The third-order valence-corrected chi connectivity index (χ3v) is 3.88. The fourth-order valence-electron chi connectivity index (χ4n) is 2.67. The fourth-order valence-corrected chi connectivity index (χ4v) is 2.67. The van der Waals surface area contributed by atoms with Crippen molar-refractivity contribution in [2.45, 2.75) is 12.5 Å². The van der Waals surface area contributed by atoms with Gasteiger partial charge >= 0.3 is 6.03 Å². The number of hydrogen-bond donors (Lipinski definition) is 2. The quantitative estimate of drug-likeness (QED) is 0.759. The Morgan fingerprint density at radius 1 is 1.16 bits per heavy atom. The van der Waals surface area contributed by atoms with Crippen molar-refractivity contribution in [2.75, 3.05) is 32.2 Å². The molecule has 1 aliphatic rings. The molecule has 2 amide bonds. The van der Waals surface area contributed by atoms with Gasteiger partial charge in [-0.3, -0.25) is 0 Å². The van der Waals surface area contributed by atoms with Crippen molar-refractivity contribution in [2.24, 2.45) is 0 Å². The second-order valence-electron chi connectivity index (χ2n) is 5.72. The molecule has 6 heteroatoms. The molecule has 0 spiro atoms. The number of carbonyl (C=O) groups excluding carboxylic acids is 1. The van der Waals surface area contributed by atoms with Crippen LogP contribution >= 0.6 is 0 Å². The first-order chi connectivity index (χ1) is 12.3. The van der Waals surface area contributed by atoms with Crippen molar-refractivity contribution in [1.29, 1.82) is 0 Å². The highest BCUT2D eigenvalue weighted by molar-refractivity contribution is 5.90. The van der Waals surface area contributed by atoms with Crippen LogP contribution in [0.4, 0.5) is 10.5 Å². The van der Waals surface area contributed by atoms with Gasteiger partial charge in [0, 0.05) is 13.5 Å². The number of carbonyl (C=O) groups is 1. The third-order valence-electron chi connectivity index (χ3n) is 3.88. The molecule has 25 heavy (non-hydrogen) atoms. The summed E-state index contributed by atoms with van der Waals surface area (Å²) in [7, 11) is 1.62. The second kappa shape index (κ2) is 8.39. The van der Waals surface area contributed by atoms with Gasteiger partial charge in [0.05, 0.1) is 18.8 Å². The number of benzene rings is 2. The summed E-state index contributed by atoms with van der Waals surface area (Å²) in [5.41, 5.74) is 1.79. The molecule has 132 valence electrons. The Kier molecular flexibility index (Phi) is 5.74. The number of rotatable bonds is 7. The molecule has 2 aromatic rings. The van der Waals surface area contributed by atoms with E-state index >= 15 is 0 Å². The third kappa shape index (κ3) is 4.64. The van der Waals surface area contributed by atoms with Crippen LogP contribution in [0.1, 0.15) is 5.56 Å². The fraction of sp³-hybridized carbons (Fsp3) is 0.316. The lowest BCUT2D eigenvalue weighted by atomic mass is 10.1. The van der Waals surface area contributed by atoms with Gasteiger partial charge in [0.15, 0.2) is 0 Å². The molecule has 0 fully saturated rings. The van der Waals surface area contributed by atoms with E-state index in [9.17, 15) is 4.79 Å². The minimum atomic E-state index is -0.289. The highest BCUT2D eigenvalue weighted by Gasteiger charge is 2.22. The van der Waals surface area contributed by atoms with E-state index in [0.29, 0.717) is 31.2 Å². The molecular weight excluding hydrogens is 320 g/mol. The number of ether oxygens (including phenoxy) is 3. The smallest absolute Gasteiger partial charge is 0.319 e. The number of hydrogen-bond acceptors (Lipinski definition) is 4. The average Bonchev–Trinajstić information content (AvgIpc) is 3.05. The SMILES string of the molecule is COCCOc1ccccc1NC(=O)NCC1Cc2ccccc2O1. The van der Waals surface area contributed by atoms with Crippen LogP contribution in [0, 0.1) is 0 Å². The Morgan fingerprint density at radius 3 is 2.80 bits per heavy atom. The van der Waals surface area contributed by atoms with Gasteiger partial charge in [0.1, 0.15) is 24.2 Å². The minimum Gasteiger partial charge on any atom is -0.489 e. The van der Waals surface area contributed by atoms with Gasteiger partial charge in [-0.15, -0.1) is 0 Å². The molecule has 1 unspecified atom stereocenters. The Balaban J connectivity index is 1.49. The van der Waals surface area contributed by atoms with E-state index < -0.39 is 0 Å². The zero-order valence-corrected chi connectivity index (χ0v) is 14.2. The Labute approximate surface area is 147 Å². The maximum Gasteiger partial charge on any atom is 0.319 e. The van der Waals surface area contributed by atoms with Gasteiger partial charge in [-0.05, 0) is 23.8 Å². The van der Waals surface area contributed by atoms with E-state index in [-0.39, 0.29) is 12.1 Å². The molecule has 0 saturated heterocycles. The number of urea groups is 1. The number of anilines is 1. The maximum absolute atomic E-state index is 12.2. The molecule has 6 nitrogen and oxygen atoms in total. The highest BCUT2D eigenvalue weighted by Crippen LogP contribution is 2.28. The topological polar surface area (TPSA) is 68.8 Å². The predicted octanol–water partition coefficient (Wildman–Crippen LogP) is 2.84. The van der Waals surface area contributed by atoms with E-state index in [1.807, 2.05) is 42.5 Å². The zero-order valence-electron chi connectivity index (χ0n) is 14.2. The standard InChI is InChI=1S/C19H22N2O4/c1-23-10-11-24-18-9-5-3-7-16(18)21-19(22)20-13-15-12-14-6-2-4-8-17(14)25-15/h2-9,15H,10-13H2,1H3,(H2,20,21,22). The molecule has 0 radical (unpaired) electrons. The number of para-hydroxylation sites is 3. The minimum absolute atomic E-state index is 0.0450. The van der Waals surface area contributed by atoms with Crippen LogP contribution in [-0.2, 0) is 11.2 Å². The van der Waals surface area contributed by atoms with Crippen LogP contribution in [0.15, 0.2) is 48.5 Å². The summed E-state index contributed by atoms with van der Waals surface area (Å²) in [6.07, 6.45) is 0.754. The number of amides is 2. The van der Waals surface area contributed by atoms with Crippen molar-refractivity contribution < 1.29 is 19.0 Å². The van der Waals surface area contributed by atoms with Gasteiger partial charge in [-0.25, -0.2) is 4.79 Å². The molecular formula is C19H22N2O4. The van der Waals surface area contributed by atoms with Gasteiger partial charge < -0.3 is 24.8 Å². The van der Waals surface area contributed by atoms with Crippen LogP contribution < -0.4 is 20.1 Å². The molecule has 1 atom stereocenters. The number of fused-ring (bicyclic) bond motifs is 1. The lowest BCUT2D eigenvalue weighted by molar-refractivity contribution is 0.146. The normalized spacial score (nSPS) is 15.2. The van der Waals surface area contributed by atoms with Gasteiger partial charge in [0.25, 0.3) is 0 Å². The summed E-state index contributed by atoms with van der Waals surface area (Å²) in [5.74, 6) is 1.51. The molecule has 1 heterocycles. The Hall–Kier alpha value is -2.73. The van der Waals surface area contributed by atoms with E-state index in [2.05, 4.69) is 10.6 Å². The first-order valence-electron chi connectivity index (χ1n) is 8.26. The molecule has 0 bridgehead atoms. The van der Waals surface area contributed by atoms with Crippen molar-refractivity contribution in [1.82, 2.24) is 5.32 Å². The van der Waals surface area contributed by atoms with Gasteiger partial charge in [-0.2, -0.15) is 0 Å². The summed E-state index contributed by atoms with van der Waals surface area (Å²) in [6.45, 7) is 1.35. The first kappa shape index (κ1) is 17.1. The second-order valence-corrected chi connectivity index (χ2v) is 5.72. The number of methoxy groups -OCH3 is 1. The summed E-state index contributed by atoms with van der Waals surface area (Å²) in [4.78, 5) is 12.2. The zero-order chi connectivity index (χ0) is 17.5. The Bertz CT molecular complexity index is 695. The van der Waals surface area contributed by atoms with E-state index in [0.717, 1.165) is 12.2 Å². The monoisotopic (exact) mass is 342 g/mol. The maximum atomic E-state index is 12.2. The Morgan fingerprint density at radius 2 is 1.96 bits per heavy atom. The van der Waals surface area contributed by atoms with Crippen molar-refractivity contribution in [3.8, 4) is 11.5 Å². The molecule has 0 aromatic heterocycles. The van der Waals surface area contributed by atoms with Crippen molar-refractivity contribution in [3.05, 3.63) is 54.1 Å². The van der Waals surface area contributed by atoms with E-state index in [4.69, 9.17) is 14.2 Å². The van der Waals surface area contributed by atoms with Crippen LogP contribution in [0.5, 0.6) is 11.5 Å². The van der Waals surface area contributed by atoms with Gasteiger partial charge in [-0.1, -0.05) is 30.3 Å². The summed E-state index contributed by atoms with van der Waals surface area (Å²) < 4.78 is 16.4. The van der Waals surface area contributed by atoms with Crippen molar-refractivity contribution >= 4 is 11.7 Å². The average molecular weight is 342 g/mol. The lowest BCUT2D eigenvalue weighted by Gasteiger charge is -2.15. The molecule has 0 aliphatic carbocycles. The largest absolute Gasteiger partial charge is 0.489 e. The molecule has 1 aliphatic heterocycles. The molecule has 0 saturated carbocycles. The molecule has 3 rings (SSSR count). The summed E-state index contributed by atoms with van der Waals surface area (Å²) >= 11 is 0.